The van der Waals surface area contributed by atoms with Crippen molar-refractivity contribution in [1.82, 2.24) is 4.90 Å². The number of hydrogen-bond acceptors (Lipinski definition) is 6. The summed E-state index contributed by atoms with van der Waals surface area (Å²) in [5.41, 5.74) is 6.19. The van der Waals surface area contributed by atoms with Crippen LogP contribution in [0.3, 0.4) is 0 Å². The molecule has 1 aromatic rings. The Morgan fingerprint density at radius 1 is 1.27 bits per heavy atom. The van der Waals surface area contributed by atoms with E-state index in [0.29, 0.717) is 0 Å². The Kier molecular flexibility index (Phi) is 6.27. The van der Waals surface area contributed by atoms with E-state index in [9.17, 15) is 13.9 Å². The fourth-order valence-corrected chi connectivity index (χ4v) is 3.03. The first kappa shape index (κ1) is 18.8. The Balaban J connectivity index is 2.55. The Hall–Kier alpha value is -1.25. The molecule has 1 rings (SSSR count). The van der Waals surface area contributed by atoms with Gasteiger partial charge in [0.05, 0.1) is 12.2 Å². The van der Waals surface area contributed by atoms with Gasteiger partial charge in [-0.05, 0) is 12.1 Å². The molecule has 1 aromatic carbocycles. The fourth-order valence-electron chi connectivity index (χ4n) is 1.45. The molecule has 1 atom stereocenters. The molecule has 22 heavy (non-hydrogen) atoms. The third-order valence-corrected chi connectivity index (χ3v) is 4.61. The predicted octanol–water partition coefficient (Wildman–Crippen LogP) is 0.567. The van der Waals surface area contributed by atoms with Crippen LogP contribution in [0.15, 0.2) is 24.3 Å². The van der Waals surface area contributed by atoms with Crippen LogP contribution in [0.5, 0.6) is 0 Å². The van der Waals surface area contributed by atoms with Gasteiger partial charge in [0, 0.05) is 19.3 Å². The molecule has 0 aromatic heterocycles. The van der Waals surface area contributed by atoms with Crippen LogP contribution in [0.1, 0.15) is 10.4 Å². The van der Waals surface area contributed by atoms with Gasteiger partial charge in [0.15, 0.2) is 0 Å². The molecule has 0 spiro atoms. The first-order valence-corrected chi connectivity index (χ1v) is 8.88. The summed E-state index contributed by atoms with van der Waals surface area (Å²) >= 11 is 0. The lowest BCUT2D eigenvalue weighted by molar-refractivity contribution is 0.0759. The number of amides is 1. The van der Waals surface area contributed by atoms with Gasteiger partial charge < -0.3 is 25.3 Å². The van der Waals surface area contributed by atoms with Crippen LogP contribution in [-0.2, 0) is 18.0 Å². The molecule has 1 amide bonds. The Morgan fingerprint density at radius 2 is 1.86 bits per heavy atom. The summed E-state index contributed by atoms with van der Waals surface area (Å²) in [6.45, 7) is -0.592. The summed E-state index contributed by atoms with van der Waals surface area (Å²) in [4.78, 5) is 39.1. The van der Waals surface area contributed by atoms with Crippen molar-refractivity contribution < 1.29 is 37.4 Å². The number of hydrogen-bond donors (Lipinski definition) is 4. The van der Waals surface area contributed by atoms with E-state index < -0.39 is 28.2 Å². The van der Waals surface area contributed by atoms with Crippen molar-refractivity contribution in [2.45, 2.75) is 0 Å². The monoisotopic (exact) mass is 354 g/mol. The number of carbonyl (C=O) groups excluding carboxylic acids is 1. The van der Waals surface area contributed by atoms with E-state index in [1.807, 2.05) is 0 Å². The van der Waals surface area contributed by atoms with Gasteiger partial charge in [-0.1, -0.05) is 12.1 Å². The number of likely N-dealkylation sites (N-methyl/N-ethyl adjacent to an activating group) is 1. The molecule has 5 N–H and O–H groups in total. The summed E-state index contributed by atoms with van der Waals surface area (Å²) in [5, 5.41) is 0. The van der Waals surface area contributed by atoms with Crippen LogP contribution in [0.25, 0.3) is 0 Å². The van der Waals surface area contributed by atoms with Crippen molar-refractivity contribution in [3.63, 3.8) is 0 Å². The number of nitrogens with two attached hydrogens (primary N) is 1. The van der Waals surface area contributed by atoms with Crippen molar-refractivity contribution in [2.24, 2.45) is 0 Å². The van der Waals surface area contributed by atoms with Crippen molar-refractivity contribution in [1.29, 1.82) is 0 Å². The molecule has 0 aliphatic rings. The molecule has 1 unspecified atom stereocenters. The minimum absolute atomic E-state index is 0.123. The molecule has 0 bridgehead atoms. The van der Waals surface area contributed by atoms with Gasteiger partial charge in [0.2, 0.25) is 0 Å². The summed E-state index contributed by atoms with van der Waals surface area (Å²) < 4.78 is 29.6. The standard InChI is InChI=1S/C10H16N2O8P2/c1-12(10(13)8-4-2-3-5-9(8)11)6-7-19-22(17,18)20-21(14,15)16/h2-5H,6-7,11H2,1H3,(H,17,18)(H2,14,15,16). The van der Waals surface area contributed by atoms with Crippen molar-refractivity contribution in [3.05, 3.63) is 29.8 Å². The van der Waals surface area contributed by atoms with Gasteiger partial charge in [-0.3, -0.25) is 9.32 Å². The van der Waals surface area contributed by atoms with Crippen LogP contribution < -0.4 is 5.73 Å². The molecule has 0 radical (unpaired) electrons. The molecular formula is C10H16N2O8P2. The minimum atomic E-state index is -5.16. The highest BCUT2D eigenvalue weighted by atomic mass is 31.3. The number of anilines is 1. The van der Waals surface area contributed by atoms with Gasteiger partial charge in [-0.15, -0.1) is 0 Å². The first-order chi connectivity index (χ1) is 10.0. The summed E-state index contributed by atoms with van der Waals surface area (Å²) in [5.74, 6) is -0.439. The molecule has 124 valence electrons. The highest BCUT2D eigenvalue weighted by molar-refractivity contribution is 7.60. The molecule has 0 fully saturated rings. The van der Waals surface area contributed by atoms with Crippen LogP contribution in [0.4, 0.5) is 5.69 Å². The van der Waals surface area contributed by atoms with E-state index in [-0.39, 0.29) is 17.8 Å². The maximum absolute atomic E-state index is 12.1. The normalized spacial score (nSPS) is 14.4. The third kappa shape index (κ3) is 6.25. The summed E-state index contributed by atoms with van der Waals surface area (Å²) in [6.07, 6.45) is 0. The van der Waals surface area contributed by atoms with E-state index in [2.05, 4.69) is 8.83 Å². The zero-order chi connectivity index (χ0) is 17.0. The highest BCUT2D eigenvalue weighted by Crippen LogP contribution is 2.57. The lowest BCUT2D eigenvalue weighted by Crippen LogP contribution is -2.30. The zero-order valence-corrected chi connectivity index (χ0v) is 13.3. The number of nitrogens with zero attached hydrogens (tertiary/aromatic N) is 1. The SMILES string of the molecule is CN(CCOP(=O)(O)OP(=O)(O)O)C(=O)c1ccccc1N. The number of rotatable bonds is 7. The van der Waals surface area contributed by atoms with Crippen molar-refractivity contribution in [2.75, 3.05) is 25.9 Å². The topological polar surface area (TPSA) is 160 Å². The highest BCUT2D eigenvalue weighted by Gasteiger charge is 2.32. The molecule has 0 heterocycles. The van der Waals surface area contributed by atoms with Gasteiger partial charge in [-0.2, -0.15) is 4.31 Å². The summed E-state index contributed by atoms with van der Waals surface area (Å²) in [6, 6.07) is 6.36. The second kappa shape index (κ2) is 7.34. The van der Waals surface area contributed by atoms with Gasteiger partial charge in [-0.25, -0.2) is 9.13 Å². The number of phosphoric ester groups is 1. The molecule has 0 saturated heterocycles. The van der Waals surface area contributed by atoms with Gasteiger partial charge in [0.25, 0.3) is 5.91 Å². The number of benzene rings is 1. The number of para-hydroxylation sites is 1. The number of nitrogen functional groups attached to an aromatic ring is 1. The molecule has 0 aliphatic heterocycles. The molecular weight excluding hydrogens is 338 g/mol. The summed E-state index contributed by atoms with van der Waals surface area (Å²) in [7, 11) is -8.66. The fraction of sp³-hybridized carbons (Fsp3) is 0.300. The predicted molar refractivity (Wildman–Crippen MR) is 76.7 cm³/mol. The zero-order valence-electron chi connectivity index (χ0n) is 11.5. The van der Waals surface area contributed by atoms with Crippen LogP contribution in [0.2, 0.25) is 0 Å². The maximum Gasteiger partial charge on any atom is 0.481 e. The van der Waals surface area contributed by atoms with E-state index in [1.54, 1.807) is 18.2 Å². The number of carbonyl (C=O) groups is 1. The van der Waals surface area contributed by atoms with Crippen LogP contribution in [-0.4, -0.2) is 45.7 Å². The average molecular weight is 354 g/mol. The molecule has 12 heteroatoms. The molecule has 0 aliphatic carbocycles. The quantitative estimate of drug-likeness (QED) is 0.405. The lowest BCUT2D eigenvalue weighted by Gasteiger charge is -2.19. The Morgan fingerprint density at radius 3 is 2.41 bits per heavy atom. The third-order valence-electron chi connectivity index (χ3n) is 2.43. The van der Waals surface area contributed by atoms with Gasteiger partial charge >= 0.3 is 15.6 Å². The number of phosphoric acid groups is 2. The lowest BCUT2D eigenvalue weighted by atomic mass is 10.1. The van der Waals surface area contributed by atoms with E-state index in [0.717, 1.165) is 0 Å². The van der Waals surface area contributed by atoms with E-state index >= 15 is 0 Å². The smallest absolute Gasteiger partial charge is 0.398 e. The second-order valence-corrected chi connectivity index (χ2v) is 7.02. The molecule has 10 nitrogen and oxygen atoms in total. The van der Waals surface area contributed by atoms with E-state index in [4.69, 9.17) is 20.4 Å². The largest absolute Gasteiger partial charge is 0.481 e. The van der Waals surface area contributed by atoms with Crippen LogP contribution in [0, 0.1) is 0 Å². The van der Waals surface area contributed by atoms with E-state index in [1.165, 1.54) is 18.0 Å². The second-order valence-electron chi connectivity index (χ2n) is 4.19. The van der Waals surface area contributed by atoms with Crippen LogP contribution >= 0.6 is 15.6 Å². The first-order valence-electron chi connectivity index (χ1n) is 5.86. The Bertz CT molecular complexity index is 631. The maximum atomic E-state index is 12.1. The molecule has 0 saturated carbocycles. The van der Waals surface area contributed by atoms with Gasteiger partial charge in [0.1, 0.15) is 0 Å². The average Bonchev–Trinajstić information content (AvgIpc) is 2.35. The van der Waals surface area contributed by atoms with Crippen molar-refractivity contribution >= 4 is 27.2 Å². The minimum Gasteiger partial charge on any atom is -0.398 e. The Labute approximate surface area is 126 Å². The van der Waals surface area contributed by atoms with Crippen molar-refractivity contribution in [3.8, 4) is 0 Å².